The zero-order valence-corrected chi connectivity index (χ0v) is 16.9. The molecule has 0 fully saturated rings. The van der Waals surface area contributed by atoms with Crippen molar-refractivity contribution in [1.82, 2.24) is 0 Å². The van der Waals surface area contributed by atoms with E-state index in [1.165, 1.54) is 49.4 Å². The molecule has 0 aromatic heterocycles. The summed E-state index contributed by atoms with van der Waals surface area (Å²) in [6.45, 7) is 2.10. The van der Waals surface area contributed by atoms with Gasteiger partial charge in [-0.3, -0.25) is 0 Å². The van der Waals surface area contributed by atoms with Crippen LogP contribution in [0, 0.1) is 18.8 Å². The van der Waals surface area contributed by atoms with Crippen molar-refractivity contribution in [1.29, 1.82) is 0 Å². The van der Waals surface area contributed by atoms with Crippen molar-refractivity contribution in [3.63, 3.8) is 0 Å². The van der Waals surface area contributed by atoms with Crippen LogP contribution in [0.2, 0.25) is 0 Å². The lowest BCUT2D eigenvalue weighted by molar-refractivity contribution is 1.28. The van der Waals surface area contributed by atoms with Crippen LogP contribution in [0.3, 0.4) is 0 Å². The lowest BCUT2D eigenvalue weighted by atomic mass is 9.96. The summed E-state index contributed by atoms with van der Waals surface area (Å²) in [5.41, 5.74) is 8.90. The highest BCUT2D eigenvalue weighted by Gasteiger charge is 2.20. The van der Waals surface area contributed by atoms with Gasteiger partial charge in [0.1, 0.15) is 0 Å². The Morgan fingerprint density at radius 2 is 1.33 bits per heavy atom. The molecule has 0 N–H and O–H groups in total. The maximum atomic E-state index is 3.35. The highest BCUT2D eigenvalue weighted by atomic mass is 14.2. The van der Waals surface area contributed by atoms with Gasteiger partial charge in [-0.25, -0.2) is 0 Å². The van der Waals surface area contributed by atoms with Crippen LogP contribution in [0.5, 0.6) is 0 Å². The minimum absolute atomic E-state index is 0.992. The second-order valence-corrected chi connectivity index (χ2v) is 8.18. The van der Waals surface area contributed by atoms with Gasteiger partial charge in [0.05, 0.1) is 0 Å². The number of fused-ring (bicyclic) bond motifs is 6. The van der Waals surface area contributed by atoms with Crippen LogP contribution >= 0.6 is 0 Å². The molecule has 1 aliphatic carbocycles. The lowest BCUT2D eigenvalue weighted by Gasteiger charge is -2.08. The molecule has 0 amide bonds. The van der Waals surface area contributed by atoms with Crippen molar-refractivity contribution in [3.8, 4) is 23.0 Å². The molecule has 0 nitrogen and oxygen atoms in total. The second-order valence-electron chi connectivity index (χ2n) is 8.18. The number of benzene rings is 5. The third kappa shape index (κ3) is 2.79. The van der Waals surface area contributed by atoms with Crippen molar-refractivity contribution in [3.05, 3.63) is 119 Å². The summed E-state index contributed by atoms with van der Waals surface area (Å²) in [6.07, 6.45) is 0.992. The Bertz CT molecular complexity index is 1510. The van der Waals surface area contributed by atoms with Gasteiger partial charge in [0, 0.05) is 11.1 Å². The van der Waals surface area contributed by atoms with Crippen molar-refractivity contribution in [2.45, 2.75) is 13.3 Å². The van der Waals surface area contributed by atoms with Crippen molar-refractivity contribution >= 4 is 21.5 Å². The quantitative estimate of drug-likeness (QED) is 0.192. The maximum absolute atomic E-state index is 3.35. The first-order valence-corrected chi connectivity index (χ1v) is 10.4. The van der Waals surface area contributed by atoms with Crippen LogP contribution in [0.4, 0.5) is 0 Å². The molecular weight excluding hydrogens is 360 g/mol. The van der Waals surface area contributed by atoms with E-state index in [9.17, 15) is 0 Å². The van der Waals surface area contributed by atoms with E-state index in [0.29, 0.717) is 0 Å². The smallest absolute Gasteiger partial charge is 0.0255 e. The molecule has 5 aromatic carbocycles. The molecule has 30 heavy (non-hydrogen) atoms. The van der Waals surface area contributed by atoms with Crippen molar-refractivity contribution in [2.75, 3.05) is 0 Å². The van der Waals surface area contributed by atoms with Gasteiger partial charge in [-0.1, -0.05) is 72.0 Å². The molecule has 0 unspecified atom stereocenters. The minimum atomic E-state index is 0.992. The van der Waals surface area contributed by atoms with Crippen LogP contribution in [0.25, 0.3) is 32.7 Å². The van der Waals surface area contributed by atoms with Crippen molar-refractivity contribution in [2.24, 2.45) is 0 Å². The van der Waals surface area contributed by atoms with Gasteiger partial charge in [-0.05, 0) is 93.5 Å². The van der Waals surface area contributed by atoms with Crippen LogP contribution in [-0.4, -0.2) is 0 Å². The van der Waals surface area contributed by atoms with E-state index in [2.05, 4.69) is 110 Å². The predicted octanol–water partition coefficient (Wildman–Crippen LogP) is 7.27. The SMILES string of the molecule is Cc1ccc(C#Cc2ccc3c(c2)-c2ccc4cc5ccccc5cc4c2C3)cc1. The Balaban J connectivity index is 1.45. The van der Waals surface area contributed by atoms with E-state index in [-0.39, 0.29) is 0 Å². The second kappa shape index (κ2) is 6.61. The fourth-order valence-corrected chi connectivity index (χ4v) is 4.55. The lowest BCUT2D eigenvalue weighted by Crippen LogP contribution is -1.85. The van der Waals surface area contributed by atoms with Crippen LogP contribution in [0.15, 0.2) is 91.0 Å². The first kappa shape index (κ1) is 17.1. The molecule has 1 aliphatic rings. The molecule has 0 bridgehead atoms. The van der Waals surface area contributed by atoms with Crippen LogP contribution in [0.1, 0.15) is 27.8 Å². The molecule has 0 saturated heterocycles. The molecule has 140 valence electrons. The highest BCUT2D eigenvalue weighted by molar-refractivity contribution is 6.03. The Morgan fingerprint density at radius 1 is 0.600 bits per heavy atom. The molecule has 5 aromatic rings. The highest BCUT2D eigenvalue weighted by Crippen LogP contribution is 2.41. The Kier molecular flexibility index (Phi) is 3.76. The average Bonchev–Trinajstić information content (AvgIpc) is 3.16. The van der Waals surface area contributed by atoms with Crippen LogP contribution < -0.4 is 0 Å². The van der Waals surface area contributed by atoms with E-state index < -0.39 is 0 Å². The number of hydrogen-bond donors (Lipinski definition) is 0. The molecule has 0 saturated carbocycles. The third-order valence-corrected chi connectivity index (χ3v) is 6.17. The van der Waals surface area contributed by atoms with E-state index in [4.69, 9.17) is 0 Å². The van der Waals surface area contributed by atoms with Gasteiger partial charge in [-0.2, -0.15) is 0 Å². The van der Waals surface area contributed by atoms with Crippen LogP contribution in [-0.2, 0) is 6.42 Å². The molecule has 0 atom stereocenters. The molecule has 0 radical (unpaired) electrons. The first-order chi connectivity index (χ1) is 14.7. The van der Waals surface area contributed by atoms with E-state index >= 15 is 0 Å². The van der Waals surface area contributed by atoms with Crippen molar-refractivity contribution < 1.29 is 0 Å². The summed E-state index contributed by atoms with van der Waals surface area (Å²) in [7, 11) is 0. The first-order valence-electron chi connectivity index (χ1n) is 10.4. The molecule has 0 heterocycles. The molecule has 0 aliphatic heterocycles. The van der Waals surface area contributed by atoms with Gasteiger partial charge in [0.2, 0.25) is 0 Å². The summed E-state index contributed by atoms with van der Waals surface area (Å²) in [6, 6.07) is 32.9. The molecule has 6 rings (SSSR count). The minimum Gasteiger partial charge on any atom is -0.0617 e. The number of hydrogen-bond acceptors (Lipinski definition) is 0. The zero-order chi connectivity index (χ0) is 20.1. The van der Waals surface area contributed by atoms with Gasteiger partial charge in [0.15, 0.2) is 0 Å². The fourth-order valence-electron chi connectivity index (χ4n) is 4.55. The molecule has 0 spiro atoms. The topological polar surface area (TPSA) is 0 Å². The Labute approximate surface area is 176 Å². The summed E-state index contributed by atoms with van der Waals surface area (Å²) in [5, 5.41) is 5.29. The number of rotatable bonds is 0. The van der Waals surface area contributed by atoms with Gasteiger partial charge >= 0.3 is 0 Å². The maximum Gasteiger partial charge on any atom is 0.0255 e. The fraction of sp³-hybridized carbons (Fsp3) is 0.0667. The summed E-state index contributed by atoms with van der Waals surface area (Å²) < 4.78 is 0. The van der Waals surface area contributed by atoms with E-state index in [1.54, 1.807) is 0 Å². The third-order valence-electron chi connectivity index (χ3n) is 6.17. The standard InChI is InChI=1S/C30H20/c1-20-6-8-21(9-7-20)10-11-22-12-13-26-19-30-27(28(26)16-22)15-14-25-17-23-4-2-3-5-24(23)18-29(25)30/h2-9,12-18H,19H2,1H3. The van der Waals surface area contributed by atoms with Gasteiger partial charge < -0.3 is 0 Å². The Hall–Kier alpha value is -3.82. The summed E-state index contributed by atoms with van der Waals surface area (Å²) in [4.78, 5) is 0. The summed E-state index contributed by atoms with van der Waals surface area (Å²) in [5.74, 6) is 6.66. The monoisotopic (exact) mass is 380 g/mol. The van der Waals surface area contributed by atoms with Gasteiger partial charge in [0.25, 0.3) is 0 Å². The van der Waals surface area contributed by atoms with E-state index in [1.807, 2.05) is 0 Å². The number of aryl methyl sites for hydroxylation is 1. The van der Waals surface area contributed by atoms with E-state index in [0.717, 1.165) is 17.5 Å². The Morgan fingerprint density at radius 3 is 2.17 bits per heavy atom. The largest absolute Gasteiger partial charge is 0.0617 e. The average molecular weight is 380 g/mol. The molecular formula is C30H20. The molecule has 0 heteroatoms. The normalized spacial score (nSPS) is 11.8. The zero-order valence-electron chi connectivity index (χ0n) is 16.9. The van der Waals surface area contributed by atoms with Gasteiger partial charge in [-0.15, -0.1) is 0 Å². The summed E-state index contributed by atoms with van der Waals surface area (Å²) >= 11 is 0. The predicted molar refractivity (Wildman–Crippen MR) is 127 cm³/mol.